The van der Waals surface area contributed by atoms with Gasteiger partial charge in [0.2, 0.25) is 0 Å². The van der Waals surface area contributed by atoms with E-state index in [0.29, 0.717) is 0 Å². The Labute approximate surface area is 124 Å². The van der Waals surface area contributed by atoms with E-state index < -0.39 is 19.9 Å². The standard InChI is InChI=1S/C8H19BF2O6P.Li/c1-6-16-18(12,17-7-2)8(10,11)9(13-3,14-4)15-5;/h6-7H2,1-5H3;/q-1;+1. The third kappa shape index (κ3) is 4.02. The second kappa shape index (κ2) is 8.75. The Bertz CT molecular complexity index is 287. The predicted octanol–water partition coefficient (Wildman–Crippen LogP) is -0.733. The Kier molecular flexibility index (Phi) is 10.1. The van der Waals surface area contributed by atoms with Crippen molar-refractivity contribution in [1.82, 2.24) is 0 Å². The summed E-state index contributed by atoms with van der Waals surface area (Å²) in [5.74, 6) is 0. The summed E-state index contributed by atoms with van der Waals surface area (Å²) < 4.78 is 63.7. The van der Waals surface area contributed by atoms with Crippen molar-refractivity contribution in [2.24, 2.45) is 0 Å². The van der Waals surface area contributed by atoms with Crippen LogP contribution < -0.4 is 18.9 Å². The van der Waals surface area contributed by atoms with Gasteiger partial charge in [0.1, 0.15) is 0 Å². The fourth-order valence-electron chi connectivity index (χ4n) is 1.46. The van der Waals surface area contributed by atoms with E-state index in [1.807, 2.05) is 0 Å². The molecule has 0 amide bonds. The van der Waals surface area contributed by atoms with Crippen molar-refractivity contribution in [3.63, 3.8) is 0 Å². The van der Waals surface area contributed by atoms with Gasteiger partial charge < -0.3 is 23.0 Å². The molecule has 0 atom stereocenters. The minimum atomic E-state index is -4.77. The molecule has 6 nitrogen and oxygen atoms in total. The van der Waals surface area contributed by atoms with Gasteiger partial charge in [-0.1, -0.05) is 0 Å². The zero-order valence-corrected chi connectivity index (χ0v) is 13.0. The molecule has 11 heteroatoms. The Morgan fingerprint density at radius 1 is 1.00 bits per heavy atom. The molecule has 0 spiro atoms. The molecule has 0 rings (SSSR count). The molecule has 0 radical (unpaired) electrons. The Balaban J connectivity index is 0. The van der Waals surface area contributed by atoms with Crippen LogP contribution in [-0.4, -0.2) is 46.9 Å². The van der Waals surface area contributed by atoms with E-state index in [-0.39, 0.29) is 32.1 Å². The largest absolute Gasteiger partial charge is 1.00 e. The Hall–Kier alpha value is 0.552. The molecule has 0 aromatic rings. The van der Waals surface area contributed by atoms with Gasteiger partial charge in [0.15, 0.2) is 0 Å². The summed E-state index contributed by atoms with van der Waals surface area (Å²) in [6.07, 6.45) is 0. The SMILES string of the molecule is CCOP(=O)(OCC)C(F)(F)[B-](OC)(OC)OC.[Li+]. The van der Waals surface area contributed by atoms with Crippen LogP contribution in [0.15, 0.2) is 0 Å². The van der Waals surface area contributed by atoms with Crippen LogP contribution in [0.5, 0.6) is 0 Å². The van der Waals surface area contributed by atoms with Gasteiger partial charge in [-0.3, -0.25) is 4.57 Å². The maximum Gasteiger partial charge on any atom is 1.00 e. The average molecular weight is 298 g/mol. The minimum Gasteiger partial charge on any atom is -0.543 e. The van der Waals surface area contributed by atoms with Gasteiger partial charge in [0.25, 0.3) is 0 Å². The van der Waals surface area contributed by atoms with E-state index in [0.717, 1.165) is 21.3 Å². The maximum absolute atomic E-state index is 14.3. The second-order valence-electron chi connectivity index (χ2n) is 3.27. The molecule has 0 aliphatic rings. The number of hydrogen-bond acceptors (Lipinski definition) is 6. The van der Waals surface area contributed by atoms with E-state index >= 15 is 0 Å². The number of hydrogen-bond donors (Lipinski definition) is 0. The molecule has 0 N–H and O–H groups in total. The molecular formula is C8H19BF2LiO6P. The molecule has 0 saturated carbocycles. The van der Waals surface area contributed by atoms with Gasteiger partial charge in [-0.25, -0.2) is 8.78 Å². The molecule has 0 aromatic heterocycles. The Morgan fingerprint density at radius 2 is 1.32 bits per heavy atom. The molecule has 0 fully saturated rings. The second-order valence-corrected chi connectivity index (χ2v) is 5.38. The molecule has 0 saturated heterocycles. The van der Waals surface area contributed by atoms with Crippen LogP contribution >= 0.6 is 7.60 Å². The molecular weight excluding hydrogens is 279 g/mol. The molecule has 0 heterocycles. The normalized spacial score (nSPS) is 13.2. The first-order chi connectivity index (χ1) is 8.30. The first kappa shape index (κ1) is 21.8. The van der Waals surface area contributed by atoms with Gasteiger partial charge in [0.05, 0.1) is 13.2 Å². The van der Waals surface area contributed by atoms with Gasteiger partial charge in [0, 0.05) is 0 Å². The fourth-order valence-corrected chi connectivity index (χ4v) is 3.26. The topological polar surface area (TPSA) is 63.2 Å². The summed E-state index contributed by atoms with van der Waals surface area (Å²) in [4.78, 5) is 0. The molecule has 110 valence electrons. The van der Waals surface area contributed by atoms with E-state index in [1.165, 1.54) is 13.8 Å². The smallest absolute Gasteiger partial charge is 0.543 e. The summed E-state index contributed by atoms with van der Waals surface area (Å²) in [5, 5.41) is 0. The van der Waals surface area contributed by atoms with Crippen molar-refractivity contribution in [1.29, 1.82) is 0 Å². The van der Waals surface area contributed by atoms with E-state index in [2.05, 4.69) is 23.0 Å². The van der Waals surface area contributed by atoms with Crippen LogP contribution in [0.25, 0.3) is 0 Å². The summed E-state index contributed by atoms with van der Waals surface area (Å²) in [6.45, 7) is -1.17. The van der Waals surface area contributed by atoms with Crippen LogP contribution in [0.1, 0.15) is 13.8 Å². The molecule has 19 heavy (non-hydrogen) atoms. The van der Waals surface area contributed by atoms with Crippen molar-refractivity contribution in [3.05, 3.63) is 0 Å². The van der Waals surface area contributed by atoms with Crippen LogP contribution in [0.2, 0.25) is 0 Å². The first-order valence-corrected chi connectivity index (χ1v) is 6.90. The first-order valence-electron chi connectivity index (χ1n) is 5.36. The predicted molar refractivity (Wildman–Crippen MR) is 62.6 cm³/mol. The summed E-state index contributed by atoms with van der Waals surface area (Å²) in [7, 11) is -1.89. The van der Waals surface area contributed by atoms with Crippen LogP contribution in [0, 0.1) is 0 Å². The third-order valence-electron chi connectivity index (χ3n) is 2.32. The average Bonchev–Trinajstić information content (AvgIpc) is 2.32. The quantitative estimate of drug-likeness (QED) is 0.413. The van der Waals surface area contributed by atoms with E-state index in [9.17, 15) is 13.3 Å². The summed E-state index contributed by atoms with van der Waals surface area (Å²) in [5.41, 5.74) is -4.07. The van der Waals surface area contributed by atoms with E-state index in [4.69, 9.17) is 0 Å². The van der Waals surface area contributed by atoms with Gasteiger partial charge in [-0.15, -0.1) is 0 Å². The van der Waals surface area contributed by atoms with Crippen molar-refractivity contribution in [2.75, 3.05) is 34.5 Å². The number of rotatable bonds is 9. The van der Waals surface area contributed by atoms with E-state index in [1.54, 1.807) is 0 Å². The van der Waals surface area contributed by atoms with Crippen molar-refractivity contribution in [3.8, 4) is 0 Å². The van der Waals surface area contributed by atoms with Crippen molar-refractivity contribution in [2.45, 2.75) is 19.4 Å². The minimum absolute atomic E-state index is 0. The zero-order valence-electron chi connectivity index (χ0n) is 12.1. The molecule has 0 bridgehead atoms. The summed E-state index contributed by atoms with van der Waals surface area (Å²) >= 11 is 0. The monoisotopic (exact) mass is 298 g/mol. The summed E-state index contributed by atoms with van der Waals surface area (Å²) in [6, 6.07) is 0. The maximum atomic E-state index is 14.3. The van der Waals surface area contributed by atoms with Crippen LogP contribution in [0.4, 0.5) is 8.78 Å². The van der Waals surface area contributed by atoms with Crippen molar-refractivity contribution < 1.29 is 55.2 Å². The third-order valence-corrected chi connectivity index (χ3v) is 4.56. The molecule has 0 aliphatic carbocycles. The van der Waals surface area contributed by atoms with Crippen LogP contribution in [0.3, 0.4) is 0 Å². The Morgan fingerprint density at radius 3 is 1.53 bits per heavy atom. The van der Waals surface area contributed by atoms with Gasteiger partial charge in [-0.2, -0.15) is 0 Å². The fraction of sp³-hybridized carbons (Fsp3) is 1.00. The molecule has 0 unspecified atom stereocenters. The van der Waals surface area contributed by atoms with Crippen molar-refractivity contribution >= 4 is 14.4 Å². The molecule has 0 aromatic carbocycles. The van der Waals surface area contributed by atoms with Gasteiger partial charge >= 0.3 is 38.8 Å². The number of alkyl halides is 2. The molecule has 0 aliphatic heterocycles. The number of halogens is 2. The van der Waals surface area contributed by atoms with Gasteiger partial charge in [-0.05, 0) is 35.2 Å². The zero-order chi connectivity index (χ0) is 14.4. The van der Waals surface area contributed by atoms with Crippen LogP contribution in [-0.2, 0) is 27.6 Å².